The Morgan fingerprint density at radius 1 is 0.880 bits per heavy atom. The third-order valence-electron chi connectivity index (χ3n) is 5.03. The van der Waals surface area contributed by atoms with E-state index in [1.165, 1.54) is 22.3 Å². The van der Waals surface area contributed by atoms with Gasteiger partial charge in [-0.15, -0.1) is 0 Å². The summed E-state index contributed by atoms with van der Waals surface area (Å²) in [6, 6.07) is 28.1. The van der Waals surface area contributed by atoms with E-state index < -0.39 is 0 Å². The van der Waals surface area contributed by atoms with Gasteiger partial charge in [-0.05, 0) is 34.4 Å². The molecule has 0 aromatic heterocycles. The van der Waals surface area contributed by atoms with Crippen LogP contribution in [0.5, 0.6) is 5.75 Å². The van der Waals surface area contributed by atoms with Gasteiger partial charge in [0.1, 0.15) is 5.75 Å². The van der Waals surface area contributed by atoms with Gasteiger partial charge in [0.05, 0.1) is 7.11 Å². The maximum atomic E-state index is 5.32. The molecule has 25 heavy (non-hydrogen) atoms. The van der Waals surface area contributed by atoms with E-state index in [1.54, 1.807) is 7.11 Å². The van der Waals surface area contributed by atoms with Crippen LogP contribution in [0, 0.1) is 0 Å². The van der Waals surface area contributed by atoms with Gasteiger partial charge in [0.25, 0.3) is 0 Å². The molecule has 126 valence electrons. The summed E-state index contributed by atoms with van der Waals surface area (Å²) in [5, 5.41) is 0. The Kier molecular flexibility index (Phi) is 4.53. The van der Waals surface area contributed by atoms with Crippen molar-refractivity contribution in [3.8, 4) is 5.75 Å². The molecule has 1 aliphatic rings. The fraction of sp³-hybridized carbons (Fsp3) is 0.217. The second kappa shape index (κ2) is 7.12. The molecule has 1 aliphatic heterocycles. The van der Waals surface area contributed by atoms with Gasteiger partial charge >= 0.3 is 0 Å². The highest BCUT2D eigenvalue weighted by Crippen LogP contribution is 2.34. The van der Waals surface area contributed by atoms with Gasteiger partial charge in [-0.25, -0.2) is 0 Å². The number of fused-ring (bicyclic) bond motifs is 1. The van der Waals surface area contributed by atoms with Crippen LogP contribution >= 0.6 is 0 Å². The van der Waals surface area contributed by atoms with Crippen LogP contribution in [0.1, 0.15) is 28.2 Å². The van der Waals surface area contributed by atoms with Crippen molar-refractivity contribution >= 4 is 0 Å². The van der Waals surface area contributed by atoms with E-state index >= 15 is 0 Å². The lowest BCUT2D eigenvalue weighted by atomic mass is 9.84. The summed E-state index contributed by atoms with van der Waals surface area (Å²) in [6.07, 6.45) is 0. The molecule has 2 heteroatoms. The van der Waals surface area contributed by atoms with Crippen molar-refractivity contribution in [2.75, 3.05) is 13.7 Å². The van der Waals surface area contributed by atoms with Gasteiger partial charge in [-0.1, -0.05) is 66.7 Å². The topological polar surface area (TPSA) is 12.5 Å². The van der Waals surface area contributed by atoms with Crippen LogP contribution in [0.2, 0.25) is 0 Å². The van der Waals surface area contributed by atoms with E-state index in [9.17, 15) is 0 Å². The van der Waals surface area contributed by atoms with Crippen LogP contribution in [-0.2, 0) is 13.1 Å². The largest absolute Gasteiger partial charge is 0.497 e. The van der Waals surface area contributed by atoms with Crippen LogP contribution in [0.15, 0.2) is 78.9 Å². The van der Waals surface area contributed by atoms with E-state index in [0.29, 0.717) is 5.92 Å². The standard InChI is InChI=1S/C23H23NO/c1-25-21-13-11-19(12-14-21)23-17-24(15-18-7-3-2-4-8-18)16-20-9-5-6-10-22(20)23/h2-14,23H,15-17H2,1H3. The van der Waals surface area contributed by atoms with Crippen LogP contribution in [0.4, 0.5) is 0 Å². The molecule has 3 aromatic carbocycles. The monoisotopic (exact) mass is 329 g/mol. The molecule has 0 saturated heterocycles. The van der Waals surface area contributed by atoms with Crippen molar-refractivity contribution in [1.29, 1.82) is 0 Å². The second-order valence-electron chi connectivity index (χ2n) is 6.68. The Labute approximate surface area is 149 Å². The Morgan fingerprint density at radius 3 is 2.36 bits per heavy atom. The van der Waals surface area contributed by atoms with E-state index in [2.05, 4.69) is 83.8 Å². The lowest BCUT2D eigenvalue weighted by Crippen LogP contribution is -2.33. The van der Waals surface area contributed by atoms with Crippen LogP contribution in [0.25, 0.3) is 0 Å². The molecule has 4 rings (SSSR count). The van der Waals surface area contributed by atoms with E-state index in [0.717, 1.165) is 25.4 Å². The predicted molar refractivity (Wildman–Crippen MR) is 102 cm³/mol. The van der Waals surface area contributed by atoms with E-state index in [-0.39, 0.29) is 0 Å². The average Bonchev–Trinajstić information content (AvgIpc) is 2.68. The summed E-state index contributed by atoms with van der Waals surface area (Å²) in [5.74, 6) is 1.31. The number of hydrogen-bond donors (Lipinski definition) is 0. The van der Waals surface area contributed by atoms with Crippen molar-refractivity contribution in [2.24, 2.45) is 0 Å². The number of rotatable bonds is 4. The minimum Gasteiger partial charge on any atom is -0.497 e. The minimum absolute atomic E-state index is 0.402. The van der Waals surface area contributed by atoms with Gasteiger partial charge in [0.15, 0.2) is 0 Å². The van der Waals surface area contributed by atoms with E-state index in [1.807, 2.05) is 0 Å². The van der Waals surface area contributed by atoms with Gasteiger partial charge in [0, 0.05) is 25.6 Å². The normalized spacial score (nSPS) is 17.1. The number of benzene rings is 3. The molecule has 0 radical (unpaired) electrons. The summed E-state index contributed by atoms with van der Waals surface area (Å²) in [6.45, 7) is 3.04. The predicted octanol–water partition coefficient (Wildman–Crippen LogP) is 4.84. The molecule has 0 saturated carbocycles. The highest BCUT2D eigenvalue weighted by Gasteiger charge is 2.26. The highest BCUT2D eigenvalue weighted by molar-refractivity contribution is 5.42. The first-order valence-corrected chi connectivity index (χ1v) is 8.81. The fourth-order valence-electron chi connectivity index (χ4n) is 3.76. The van der Waals surface area contributed by atoms with Gasteiger partial charge in [0.2, 0.25) is 0 Å². The third-order valence-corrected chi connectivity index (χ3v) is 5.03. The first kappa shape index (κ1) is 15.9. The number of ether oxygens (including phenoxy) is 1. The Morgan fingerprint density at radius 2 is 1.60 bits per heavy atom. The van der Waals surface area contributed by atoms with Crippen LogP contribution in [0.3, 0.4) is 0 Å². The number of hydrogen-bond acceptors (Lipinski definition) is 2. The highest BCUT2D eigenvalue weighted by atomic mass is 16.5. The van der Waals surface area contributed by atoms with E-state index in [4.69, 9.17) is 4.74 Å². The molecule has 1 heterocycles. The summed E-state index contributed by atoms with van der Waals surface area (Å²) >= 11 is 0. The maximum absolute atomic E-state index is 5.32. The minimum atomic E-state index is 0.402. The van der Waals surface area contributed by atoms with Crippen molar-refractivity contribution in [1.82, 2.24) is 4.90 Å². The molecule has 1 unspecified atom stereocenters. The first-order valence-electron chi connectivity index (χ1n) is 8.81. The molecule has 1 atom stereocenters. The van der Waals surface area contributed by atoms with Gasteiger partial charge in [-0.3, -0.25) is 4.90 Å². The molecule has 0 spiro atoms. The van der Waals surface area contributed by atoms with Crippen molar-refractivity contribution in [3.05, 3.63) is 101 Å². The van der Waals surface area contributed by atoms with Crippen LogP contribution in [-0.4, -0.2) is 18.6 Å². The fourth-order valence-corrected chi connectivity index (χ4v) is 3.76. The lowest BCUT2D eigenvalue weighted by molar-refractivity contribution is 0.232. The lowest BCUT2D eigenvalue weighted by Gasteiger charge is -2.35. The third kappa shape index (κ3) is 3.45. The summed E-state index contributed by atoms with van der Waals surface area (Å²) in [7, 11) is 1.71. The number of methoxy groups -OCH3 is 1. The molecule has 0 amide bonds. The van der Waals surface area contributed by atoms with Gasteiger partial charge in [-0.2, -0.15) is 0 Å². The Balaban J connectivity index is 1.64. The second-order valence-corrected chi connectivity index (χ2v) is 6.68. The Bertz CT molecular complexity index is 826. The van der Waals surface area contributed by atoms with Crippen molar-refractivity contribution in [3.63, 3.8) is 0 Å². The molecular weight excluding hydrogens is 306 g/mol. The van der Waals surface area contributed by atoms with Crippen molar-refractivity contribution < 1.29 is 4.74 Å². The molecule has 0 aliphatic carbocycles. The average molecular weight is 329 g/mol. The Hall–Kier alpha value is -2.58. The van der Waals surface area contributed by atoms with Crippen LogP contribution < -0.4 is 4.74 Å². The SMILES string of the molecule is COc1ccc(C2CN(Cc3ccccc3)Cc3ccccc32)cc1. The first-order chi connectivity index (χ1) is 12.3. The summed E-state index contributed by atoms with van der Waals surface area (Å²) in [4.78, 5) is 2.55. The summed E-state index contributed by atoms with van der Waals surface area (Å²) < 4.78 is 5.32. The zero-order valence-electron chi connectivity index (χ0n) is 14.6. The van der Waals surface area contributed by atoms with Crippen molar-refractivity contribution in [2.45, 2.75) is 19.0 Å². The smallest absolute Gasteiger partial charge is 0.118 e. The maximum Gasteiger partial charge on any atom is 0.118 e. The molecule has 0 bridgehead atoms. The quantitative estimate of drug-likeness (QED) is 0.679. The van der Waals surface area contributed by atoms with Gasteiger partial charge < -0.3 is 4.74 Å². The molecule has 0 fully saturated rings. The molecular formula is C23H23NO. The summed E-state index contributed by atoms with van der Waals surface area (Å²) in [5.41, 5.74) is 5.61. The zero-order chi connectivity index (χ0) is 17.1. The molecule has 2 nitrogen and oxygen atoms in total. The molecule has 0 N–H and O–H groups in total. The zero-order valence-corrected chi connectivity index (χ0v) is 14.6. The molecule has 3 aromatic rings. The number of nitrogens with zero attached hydrogens (tertiary/aromatic N) is 1.